The van der Waals surface area contributed by atoms with E-state index in [1.165, 1.54) is 6.92 Å². The first-order valence-electron chi connectivity index (χ1n) is 11.7. The van der Waals surface area contributed by atoms with Crippen molar-refractivity contribution >= 4 is 34.6 Å². The molecule has 2 heterocycles. The lowest BCUT2D eigenvalue weighted by Gasteiger charge is -2.62. The Morgan fingerprint density at radius 2 is 1.94 bits per heavy atom. The van der Waals surface area contributed by atoms with Crippen molar-refractivity contribution in [3.8, 4) is 0 Å². The lowest BCUT2D eigenvalue weighted by Crippen LogP contribution is -2.64. The third-order valence-electron chi connectivity index (χ3n) is 9.38. The monoisotopic (exact) mass is 462 g/mol. The van der Waals surface area contributed by atoms with Crippen molar-refractivity contribution in [1.29, 1.82) is 0 Å². The molecular formula is C24H30O7S. The van der Waals surface area contributed by atoms with Crippen molar-refractivity contribution in [2.75, 3.05) is 6.61 Å². The van der Waals surface area contributed by atoms with Gasteiger partial charge in [-0.3, -0.25) is 19.2 Å². The Bertz CT molecular complexity index is 927. The maximum Gasteiger partial charge on any atom is 0.315 e. The molecule has 4 bridgehead atoms. The zero-order chi connectivity index (χ0) is 22.9. The van der Waals surface area contributed by atoms with Gasteiger partial charge in [0.05, 0.1) is 16.3 Å². The summed E-state index contributed by atoms with van der Waals surface area (Å²) in [5, 5.41) is 20.3. The Morgan fingerprint density at radius 3 is 2.66 bits per heavy atom. The van der Waals surface area contributed by atoms with E-state index in [9.17, 15) is 29.4 Å². The second-order valence-electron chi connectivity index (χ2n) is 10.5. The first-order valence-corrected chi connectivity index (χ1v) is 12.5. The predicted molar refractivity (Wildman–Crippen MR) is 116 cm³/mol. The van der Waals surface area contributed by atoms with Crippen molar-refractivity contribution in [1.82, 2.24) is 0 Å². The highest BCUT2D eigenvalue weighted by Gasteiger charge is 2.72. The molecule has 2 spiro atoms. The molecule has 8 heteroatoms. The maximum atomic E-state index is 13.6. The standard InChI is InChI=1S/C24H30O7S/c1-13(25)32-19-11-22-12-31-21(29)24-9-5-16(22)15(3-2-14(22)10-18(19)26)17(24)4-7-23(24,30)8-6-20(27)28/h10,15-17,19,30H,2-9,11-12H2,1H3,(H,27,28)/t15-,16?,17+,19?,22-,23-,24+/m1/s1. The number of carboxylic acids is 1. The molecule has 0 aromatic heterocycles. The van der Waals surface area contributed by atoms with Crippen LogP contribution in [-0.2, 0) is 23.9 Å². The van der Waals surface area contributed by atoms with Gasteiger partial charge in [0.1, 0.15) is 6.61 Å². The number of carbonyl (C=O) groups is 4. The number of thioether (sulfide) groups is 1. The number of ketones is 1. The van der Waals surface area contributed by atoms with Crippen LogP contribution >= 0.6 is 11.8 Å². The van der Waals surface area contributed by atoms with Crippen LogP contribution in [0.1, 0.15) is 64.7 Å². The summed E-state index contributed by atoms with van der Waals surface area (Å²) in [6.07, 6.45) is 6.09. The summed E-state index contributed by atoms with van der Waals surface area (Å²) in [4.78, 5) is 49.4. The van der Waals surface area contributed by atoms with Crippen LogP contribution in [0.4, 0.5) is 0 Å². The molecule has 32 heavy (non-hydrogen) atoms. The topological polar surface area (TPSA) is 118 Å². The van der Waals surface area contributed by atoms with Gasteiger partial charge in [-0.15, -0.1) is 0 Å². The highest BCUT2D eigenvalue weighted by Crippen LogP contribution is 2.70. The molecule has 6 aliphatic rings. The molecule has 0 aromatic rings. The number of carboxylic acid groups (broad SMARTS) is 1. The SMILES string of the molecule is CC(=O)SC1C[C@]23COC(=O)[C@]45CCC2[C@@H](CCC3=CC1=O)[C@@H]4CC[C@@]5(O)CCC(=O)O. The van der Waals surface area contributed by atoms with Crippen LogP contribution in [0, 0.1) is 28.6 Å². The number of aliphatic hydroxyl groups is 1. The molecule has 2 saturated heterocycles. The van der Waals surface area contributed by atoms with Crippen LogP contribution in [0.2, 0.25) is 0 Å². The molecule has 5 fully saturated rings. The van der Waals surface area contributed by atoms with Gasteiger partial charge in [0.2, 0.25) is 0 Å². The van der Waals surface area contributed by atoms with Gasteiger partial charge in [-0.25, -0.2) is 0 Å². The zero-order valence-electron chi connectivity index (χ0n) is 18.3. The number of hydrogen-bond donors (Lipinski definition) is 2. The lowest BCUT2D eigenvalue weighted by atomic mass is 9.44. The molecule has 7 atom stereocenters. The third-order valence-corrected chi connectivity index (χ3v) is 10.4. The number of esters is 1. The molecule has 4 aliphatic carbocycles. The average Bonchev–Trinajstić information content (AvgIpc) is 3.04. The Morgan fingerprint density at radius 1 is 1.19 bits per heavy atom. The van der Waals surface area contributed by atoms with Gasteiger partial charge in [-0.1, -0.05) is 17.3 Å². The Balaban J connectivity index is 1.54. The number of aliphatic carboxylic acids is 1. The van der Waals surface area contributed by atoms with Crippen molar-refractivity contribution in [3.63, 3.8) is 0 Å². The molecule has 6 rings (SSSR count). The van der Waals surface area contributed by atoms with Gasteiger partial charge in [0.15, 0.2) is 10.9 Å². The Labute approximate surface area is 191 Å². The van der Waals surface area contributed by atoms with E-state index in [1.807, 2.05) is 0 Å². The van der Waals surface area contributed by atoms with Crippen LogP contribution in [-0.4, -0.2) is 50.5 Å². The van der Waals surface area contributed by atoms with Crippen LogP contribution in [0.15, 0.2) is 11.6 Å². The van der Waals surface area contributed by atoms with Crippen molar-refractivity contribution in [2.24, 2.45) is 28.6 Å². The Hall–Kier alpha value is -1.67. The summed E-state index contributed by atoms with van der Waals surface area (Å²) in [6, 6.07) is 0. The fourth-order valence-electron chi connectivity index (χ4n) is 8.16. The lowest BCUT2D eigenvalue weighted by molar-refractivity contribution is -0.212. The van der Waals surface area contributed by atoms with E-state index in [4.69, 9.17) is 4.74 Å². The summed E-state index contributed by atoms with van der Waals surface area (Å²) < 4.78 is 5.97. The van der Waals surface area contributed by atoms with Crippen LogP contribution in [0.5, 0.6) is 0 Å². The highest BCUT2D eigenvalue weighted by molar-refractivity contribution is 8.14. The fourth-order valence-corrected chi connectivity index (χ4v) is 9.13. The molecule has 0 radical (unpaired) electrons. The van der Waals surface area contributed by atoms with E-state index in [0.29, 0.717) is 25.7 Å². The smallest absolute Gasteiger partial charge is 0.315 e. The maximum absolute atomic E-state index is 13.6. The van der Waals surface area contributed by atoms with E-state index in [1.54, 1.807) is 6.08 Å². The fraction of sp³-hybridized carbons (Fsp3) is 0.750. The quantitative estimate of drug-likeness (QED) is 0.613. The molecule has 0 amide bonds. The number of ether oxygens (including phenoxy) is 1. The van der Waals surface area contributed by atoms with Crippen molar-refractivity contribution in [3.05, 3.63) is 11.6 Å². The van der Waals surface area contributed by atoms with E-state index in [2.05, 4.69) is 0 Å². The van der Waals surface area contributed by atoms with Crippen LogP contribution in [0.25, 0.3) is 0 Å². The van der Waals surface area contributed by atoms with Gasteiger partial charge < -0.3 is 14.9 Å². The number of hydrogen-bond acceptors (Lipinski definition) is 7. The minimum Gasteiger partial charge on any atom is -0.481 e. The molecule has 2 aliphatic heterocycles. The van der Waals surface area contributed by atoms with E-state index < -0.39 is 33.6 Å². The van der Waals surface area contributed by atoms with E-state index in [0.717, 1.165) is 36.6 Å². The van der Waals surface area contributed by atoms with Gasteiger partial charge in [0.25, 0.3) is 0 Å². The molecular weight excluding hydrogens is 432 g/mol. The normalized spacial score (nSPS) is 44.6. The van der Waals surface area contributed by atoms with Gasteiger partial charge >= 0.3 is 11.9 Å². The summed E-state index contributed by atoms with van der Waals surface area (Å²) in [6.45, 7) is 1.65. The molecule has 0 aromatic carbocycles. The first-order chi connectivity index (χ1) is 15.1. The Kier molecular flexibility index (Phi) is 5.13. The molecule has 7 nitrogen and oxygen atoms in total. The molecule has 2 unspecified atom stereocenters. The largest absolute Gasteiger partial charge is 0.481 e. The predicted octanol–water partition coefficient (Wildman–Crippen LogP) is 2.89. The summed E-state index contributed by atoms with van der Waals surface area (Å²) in [5.74, 6) is -0.972. The van der Waals surface area contributed by atoms with Crippen molar-refractivity contribution in [2.45, 2.75) is 75.6 Å². The van der Waals surface area contributed by atoms with Gasteiger partial charge in [0, 0.05) is 18.8 Å². The molecule has 3 saturated carbocycles. The summed E-state index contributed by atoms with van der Waals surface area (Å²) in [5.41, 5.74) is -1.75. The van der Waals surface area contributed by atoms with Crippen molar-refractivity contribution < 1.29 is 34.1 Å². The molecule has 2 N–H and O–H groups in total. The average molecular weight is 463 g/mol. The zero-order valence-corrected chi connectivity index (χ0v) is 19.1. The van der Waals surface area contributed by atoms with E-state index in [-0.39, 0.29) is 48.1 Å². The summed E-state index contributed by atoms with van der Waals surface area (Å²) >= 11 is 1.07. The minimum absolute atomic E-state index is 0.0215. The second kappa shape index (κ2) is 7.42. The van der Waals surface area contributed by atoms with Gasteiger partial charge in [-0.05, 0) is 75.2 Å². The van der Waals surface area contributed by atoms with Crippen LogP contribution in [0.3, 0.4) is 0 Å². The van der Waals surface area contributed by atoms with E-state index >= 15 is 0 Å². The minimum atomic E-state index is -1.35. The summed E-state index contributed by atoms with van der Waals surface area (Å²) in [7, 11) is 0. The number of rotatable bonds is 4. The first kappa shape index (κ1) is 22.1. The molecule has 174 valence electrons. The highest BCUT2D eigenvalue weighted by atomic mass is 32.2. The third kappa shape index (κ3) is 2.91. The van der Waals surface area contributed by atoms with Crippen LogP contribution < -0.4 is 0 Å². The second-order valence-corrected chi connectivity index (χ2v) is 11.9. The number of fused-ring (bicyclic) bond motifs is 3. The van der Waals surface area contributed by atoms with Gasteiger partial charge in [-0.2, -0.15) is 0 Å². The number of carbonyl (C=O) groups excluding carboxylic acids is 3.